The van der Waals surface area contributed by atoms with E-state index in [0.29, 0.717) is 58.8 Å². The van der Waals surface area contributed by atoms with E-state index in [1.54, 1.807) is 43.0 Å². The average molecular weight is 522 g/mol. The molecule has 0 aromatic carbocycles. The number of hydrogen-bond acceptors (Lipinski definition) is 6. The maximum Gasteiger partial charge on any atom is 0.229 e. The minimum atomic E-state index is -0.481. The summed E-state index contributed by atoms with van der Waals surface area (Å²) in [4.78, 5) is 19.4. The Balaban J connectivity index is 1.18. The molecule has 2 fully saturated rings. The molecule has 1 aliphatic heterocycles. The van der Waals surface area contributed by atoms with E-state index in [9.17, 15) is 9.18 Å². The van der Waals surface area contributed by atoms with E-state index >= 15 is 4.39 Å². The van der Waals surface area contributed by atoms with Gasteiger partial charge in [-0.2, -0.15) is 5.10 Å². The number of aryl methyl sites for hydroxylation is 2. The van der Waals surface area contributed by atoms with E-state index in [2.05, 4.69) is 32.3 Å². The molecule has 38 heavy (non-hydrogen) atoms. The summed E-state index contributed by atoms with van der Waals surface area (Å²) in [5.41, 5.74) is 2.52. The van der Waals surface area contributed by atoms with Crippen LogP contribution in [0.15, 0.2) is 36.7 Å². The van der Waals surface area contributed by atoms with Gasteiger partial charge in [-0.15, -0.1) is 5.10 Å². The fraction of sp³-hybridized carbons (Fsp3) is 0.407. The highest BCUT2D eigenvalue weighted by atomic mass is 19.1. The standard InChI is InChI=1S/C27H29F2N7O2/c1-4-35-8-7-16(35)14-38-24-12-30-34(3)26(24)20-9-17-10-25(33-36(17)13-22(20)29)32-27(37)19-11-18(19)23-6-5-21(28)15(2)31-23/h5-6,9-10,12-13,16,18-19H,4,7-8,11,14H2,1-3H3,(H,32,33,37)/t16-,18+,19+/m1/s1. The lowest BCUT2D eigenvalue weighted by molar-refractivity contribution is -0.117. The lowest BCUT2D eigenvalue weighted by Gasteiger charge is -2.39. The number of pyridine rings is 2. The van der Waals surface area contributed by atoms with Gasteiger partial charge in [0.2, 0.25) is 5.91 Å². The van der Waals surface area contributed by atoms with Crippen molar-refractivity contribution in [1.82, 2.24) is 29.3 Å². The van der Waals surface area contributed by atoms with Crippen LogP contribution in [-0.4, -0.2) is 60.9 Å². The molecule has 2 aliphatic rings. The van der Waals surface area contributed by atoms with E-state index in [4.69, 9.17) is 4.74 Å². The van der Waals surface area contributed by atoms with Crippen LogP contribution < -0.4 is 10.1 Å². The number of nitrogens with one attached hydrogen (secondary N) is 1. The molecule has 0 spiro atoms. The number of hydrogen-bond donors (Lipinski definition) is 1. The Morgan fingerprint density at radius 1 is 1.24 bits per heavy atom. The summed E-state index contributed by atoms with van der Waals surface area (Å²) in [5.74, 6) is -0.505. The van der Waals surface area contributed by atoms with Crippen LogP contribution >= 0.6 is 0 Å². The van der Waals surface area contributed by atoms with Crippen molar-refractivity contribution in [2.75, 3.05) is 25.0 Å². The number of carbonyl (C=O) groups is 1. The van der Waals surface area contributed by atoms with Crippen molar-refractivity contribution in [3.63, 3.8) is 0 Å². The van der Waals surface area contributed by atoms with Crippen LogP contribution in [0.25, 0.3) is 16.8 Å². The van der Waals surface area contributed by atoms with Gasteiger partial charge in [-0.1, -0.05) is 6.92 Å². The second kappa shape index (κ2) is 9.46. The highest BCUT2D eigenvalue weighted by molar-refractivity contribution is 5.95. The lowest BCUT2D eigenvalue weighted by atomic mass is 10.0. The van der Waals surface area contributed by atoms with Crippen molar-refractivity contribution in [2.45, 2.75) is 38.6 Å². The summed E-state index contributed by atoms with van der Waals surface area (Å²) in [7, 11) is 1.75. The second-order valence-electron chi connectivity index (χ2n) is 10.0. The third-order valence-electron chi connectivity index (χ3n) is 7.61. The molecule has 4 aromatic rings. The molecule has 3 atom stereocenters. The molecule has 0 radical (unpaired) electrons. The number of aromatic nitrogens is 5. The van der Waals surface area contributed by atoms with Crippen LogP contribution in [0.3, 0.4) is 0 Å². The molecule has 0 unspecified atom stereocenters. The van der Waals surface area contributed by atoms with Crippen molar-refractivity contribution >= 4 is 17.2 Å². The first-order chi connectivity index (χ1) is 18.3. The van der Waals surface area contributed by atoms with Gasteiger partial charge in [0.15, 0.2) is 17.4 Å². The summed E-state index contributed by atoms with van der Waals surface area (Å²) in [6.07, 6.45) is 4.61. The number of fused-ring (bicyclic) bond motifs is 1. The summed E-state index contributed by atoms with van der Waals surface area (Å²) >= 11 is 0. The molecule has 6 rings (SSSR count). The van der Waals surface area contributed by atoms with E-state index in [-0.39, 0.29) is 23.6 Å². The van der Waals surface area contributed by atoms with E-state index in [0.717, 1.165) is 19.5 Å². The Hall–Kier alpha value is -3.86. The predicted molar refractivity (Wildman–Crippen MR) is 137 cm³/mol. The lowest BCUT2D eigenvalue weighted by Crippen LogP contribution is -2.50. The Bertz CT molecular complexity index is 1530. The van der Waals surface area contributed by atoms with Crippen molar-refractivity contribution in [3.8, 4) is 17.0 Å². The Kier molecular flexibility index (Phi) is 6.10. The van der Waals surface area contributed by atoms with E-state index in [1.807, 2.05) is 0 Å². The fourth-order valence-corrected chi connectivity index (χ4v) is 5.17. The summed E-state index contributed by atoms with van der Waals surface area (Å²) < 4.78 is 37.9. The van der Waals surface area contributed by atoms with E-state index in [1.165, 1.54) is 16.8 Å². The van der Waals surface area contributed by atoms with Crippen LogP contribution in [0.1, 0.15) is 37.1 Å². The van der Waals surface area contributed by atoms with Gasteiger partial charge in [0.25, 0.3) is 0 Å². The normalized spacial score (nSPS) is 20.9. The molecular formula is C27H29F2N7O2. The third-order valence-corrected chi connectivity index (χ3v) is 7.61. The highest BCUT2D eigenvalue weighted by Gasteiger charge is 2.45. The molecule has 5 heterocycles. The van der Waals surface area contributed by atoms with Crippen LogP contribution in [-0.2, 0) is 11.8 Å². The SMILES string of the molecule is CCN1CC[C@@H]1COc1cnn(C)c1-c1cc2cc(NC(=O)[C@H]3C[C@@H]3c3ccc(F)c(C)n3)nn2cc1F. The topological polar surface area (TPSA) is 89.6 Å². The van der Waals surface area contributed by atoms with Crippen molar-refractivity contribution in [3.05, 3.63) is 59.7 Å². The minimum absolute atomic E-state index is 0.0528. The Morgan fingerprint density at radius 3 is 2.82 bits per heavy atom. The number of rotatable bonds is 8. The van der Waals surface area contributed by atoms with Gasteiger partial charge < -0.3 is 10.1 Å². The molecule has 4 aromatic heterocycles. The molecular weight excluding hydrogens is 492 g/mol. The van der Waals surface area contributed by atoms with Crippen molar-refractivity contribution in [1.29, 1.82) is 0 Å². The quantitative estimate of drug-likeness (QED) is 0.378. The molecule has 1 saturated carbocycles. The van der Waals surface area contributed by atoms with Gasteiger partial charge in [0.05, 0.1) is 23.6 Å². The molecule has 11 heteroatoms. The van der Waals surface area contributed by atoms with Gasteiger partial charge in [0.1, 0.15) is 18.1 Å². The first kappa shape index (κ1) is 24.5. The molecule has 1 saturated heterocycles. The summed E-state index contributed by atoms with van der Waals surface area (Å²) in [5, 5.41) is 11.5. The maximum absolute atomic E-state index is 15.3. The number of carbonyl (C=O) groups excluding carboxylic acids is 1. The summed E-state index contributed by atoms with van der Waals surface area (Å²) in [6, 6.07) is 6.73. The van der Waals surface area contributed by atoms with Crippen molar-refractivity contribution < 1.29 is 18.3 Å². The number of ether oxygens (including phenoxy) is 1. The van der Waals surface area contributed by atoms with Gasteiger partial charge in [-0.05, 0) is 44.5 Å². The Labute approximate surface area is 218 Å². The van der Waals surface area contributed by atoms with Crippen LogP contribution in [0, 0.1) is 24.5 Å². The number of likely N-dealkylation sites (N-methyl/N-ethyl adjacent to an activating group) is 1. The zero-order valence-electron chi connectivity index (χ0n) is 21.5. The van der Waals surface area contributed by atoms with Gasteiger partial charge in [0, 0.05) is 48.8 Å². The number of likely N-dealkylation sites (tertiary alicyclic amines) is 1. The Morgan fingerprint density at radius 2 is 2.08 bits per heavy atom. The minimum Gasteiger partial charge on any atom is -0.488 e. The molecule has 1 N–H and O–H groups in total. The molecule has 0 bridgehead atoms. The third kappa shape index (κ3) is 4.40. The smallest absolute Gasteiger partial charge is 0.229 e. The van der Waals surface area contributed by atoms with Gasteiger partial charge >= 0.3 is 0 Å². The first-order valence-electron chi connectivity index (χ1n) is 12.8. The molecule has 9 nitrogen and oxygen atoms in total. The zero-order chi connectivity index (χ0) is 26.6. The number of amides is 1. The first-order valence-corrected chi connectivity index (χ1v) is 12.8. The van der Waals surface area contributed by atoms with Crippen molar-refractivity contribution in [2.24, 2.45) is 13.0 Å². The van der Waals surface area contributed by atoms with Gasteiger partial charge in [-0.3, -0.25) is 19.4 Å². The van der Waals surface area contributed by atoms with Crippen LogP contribution in [0.4, 0.5) is 14.6 Å². The molecule has 198 valence electrons. The number of anilines is 1. The number of nitrogens with zero attached hydrogens (tertiary/aromatic N) is 6. The maximum atomic E-state index is 15.3. The largest absolute Gasteiger partial charge is 0.488 e. The molecule has 1 aliphatic carbocycles. The molecule has 1 amide bonds. The second-order valence-corrected chi connectivity index (χ2v) is 10.0. The van der Waals surface area contributed by atoms with Crippen LogP contribution in [0.2, 0.25) is 0 Å². The van der Waals surface area contributed by atoms with E-state index < -0.39 is 5.82 Å². The zero-order valence-corrected chi connectivity index (χ0v) is 21.5. The van der Waals surface area contributed by atoms with Crippen LogP contribution in [0.5, 0.6) is 5.75 Å². The average Bonchev–Trinajstić information content (AvgIpc) is 3.46. The summed E-state index contributed by atoms with van der Waals surface area (Å²) in [6.45, 7) is 6.30. The highest BCUT2D eigenvalue weighted by Crippen LogP contribution is 2.47. The van der Waals surface area contributed by atoms with Gasteiger partial charge in [-0.25, -0.2) is 13.3 Å². The monoisotopic (exact) mass is 521 g/mol. The number of halogens is 2. The predicted octanol–water partition coefficient (Wildman–Crippen LogP) is 3.93. The fourth-order valence-electron chi connectivity index (χ4n) is 5.17.